The van der Waals surface area contributed by atoms with Gasteiger partial charge >= 0.3 is 6.18 Å². The molecule has 0 aliphatic heterocycles. The molecule has 0 saturated carbocycles. The first-order valence-electron chi connectivity index (χ1n) is 6.70. The van der Waals surface area contributed by atoms with Crippen LogP contribution in [0.5, 0.6) is 0 Å². The number of sulfonamides is 1. The SMILES string of the molecule is CN(Cc1ccc(F)cc1F)S(=O)(=O)c1cc(C(F)(F)F)ccc1Cl. The summed E-state index contributed by atoms with van der Waals surface area (Å²) in [5.41, 5.74) is -1.33. The third-order valence-corrected chi connectivity index (χ3v) is 5.64. The van der Waals surface area contributed by atoms with Crippen molar-refractivity contribution in [1.82, 2.24) is 4.31 Å². The van der Waals surface area contributed by atoms with Gasteiger partial charge in [-0.1, -0.05) is 17.7 Å². The lowest BCUT2D eigenvalue weighted by atomic mass is 10.2. The lowest BCUT2D eigenvalue weighted by molar-refractivity contribution is -0.137. The van der Waals surface area contributed by atoms with Crippen molar-refractivity contribution in [2.45, 2.75) is 17.6 Å². The summed E-state index contributed by atoms with van der Waals surface area (Å²) in [6.07, 6.45) is -4.75. The van der Waals surface area contributed by atoms with Gasteiger partial charge < -0.3 is 0 Å². The first kappa shape index (κ1) is 19.6. The summed E-state index contributed by atoms with van der Waals surface area (Å²) in [4.78, 5) is -0.756. The average molecular weight is 400 g/mol. The van der Waals surface area contributed by atoms with E-state index in [0.717, 1.165) is 25.2 Å². The Morgan fingerprint density at radius 2 is 1.72 bits per heavy atom. The molecule has 0 aliphatic rings. The Bertz CT molecular complexity index is 899. The summed E-state index contributed by atoms with van der Waals surface area (Å²) in [6.45, 7) is -0.513. The van der Waals surface area contributed by atoms with E-state index in [4.69, 9.17) is 11.6 Å². The van der Waals surface area contributed by atoms with Crippen LogP contribution in [-0.2, 0) is 22.7 Å². The van der Waals surface area contributed by atoms with E-state index in [0.29, 0.717) is 22.5 Å². The van der Waals surface area contributed by atoms with E-state index in [1.54, 1.807) is 0 Å². The van der Waals surface area contributed by atoms with Gasteiger partial charge in [0.25, 0.3) is 0 Å². The van der Waals surface area contributed by atoms with Crippen LogP contribution < -0.4 is 0 Å². The van der Waals surface area contributed by atoms with E-state index in [1.165, 1.54) is 0 Å². The molecule has 0 amide bonds. The van der Waals surface area contributed by atoms with E-state index < -0.39 is 49.9 Å². The number of alkyl halides is 3. The number of benzene rings is 2. The fraction of sp³-hybridized carbons (Fsp3) is 0.200. The molecule has 0 bridgehead atoms. The lowest BCUT2D eigenvalue weighted by Gasteiger charge is -2.19. The Labute approximate surface area is 145 Å². The van der Waals surface area contributed by atoms with Gasteiger partial charge in [-0.2, -0.15) is 17.5 Å². The molecular formula is C15H11ClF5NO2S. The second-order valence-electron chi connectivity index (χ2n) is 5.14. The number of rotatable bonds is 4. The highest BCUT2D eigenvalue weighted by Crippen LogP contribution is 2.34. The Morgan fingerprint density at radius 3 is 2.28 bits per heavy atom. The zero-order chi connectivity index (χ0) is 19.0. The van der Waals surface area contributed by atoms with Crippen molar-refractivity contribution in [3.63, 3.8) is 0 Å². The molecule has 136 valence electrons. The molecular weight excluding hydrogens is 389 g/mol. The molecule has 0 saturated heterocycles. The molecule has 2 aromatic carbocycles. The van der Waals surface area contributed by atoms with Gasteiger partial charge in [-0.15, -0.1) is 0 Å². The molecule has 0 aliphatic carbocycles. The molecule has 3 nitrogen and oxygen atoms in total. The van der Waals surface area contributed by atoms with Crippen molar-refractivity contribution in [3.8, 4) is 0 Å². The molecule has 2 rings (SSSR count). The Hall–Kier alpha value is -1.71. The van der Waals surface area contributed by atoms with Crippen molar-refractivity contribution in [2.75, 3.05) is 7.05 Å². The van der Waals surface area contributed by atoms with Gasteiger partial charge in [-0.3, -0.25) is 0 Å². The van der Waals surface area contributed by atoms with Gasteiger partial charge in [-0.25, -0.2) is 17.2 Å². The summed E-state index contributed by atoms with van der Waals surface area (Å²) >= 11 is 5.73. The van der Waals surface area contributed by atoms with E-state index in [2.05, 4.69) is 0 Å². The molecule has 10 heteroatoms. The molecule has 0 spiro atoms. The first-order valence-corrected chi connectivity index (χ1v) is 8.52. The highest BCUT2D eigenvalue weighted by atomic mass is 35.5. The van der Waals surface area contributed by atoms with Crippen LogP contribution in [0.1, 0.15) is 11.1 Å². The minimum Gasteiger partial charge on any atom is -0.207 e. The first-order chi connectivity index (χ1) is 11.4. The van der Waals surface area contributed by atoms with Crippen molar-refractivity contribution >= 4 is 21.6 Å². The molecule has 25 heavy (non-hydrogen) atoms. The molecule has 0 heterocycles. The van der Waals surface area contributed by atoms with E-state index >= 15 is 0 Å². The minimum absolute atomic E-state index is 0.143. The van der Waals surface area contributed by atoms with Gasteiger partial charge in [0, 0.05) is 25.2 Å². The predicted octanol–water partition coefficient (Wildman–Crippen LogP) is 4.46. The largest absolute Gasteiger partial charge is 0.416 e. The predicted molar refractivity (Wildman–Crippen MR) is 81.5 cm³/mol. The second kappa shape index (κ2) is 6.89. The highest BCUT2D eigenvalue weighted by molar-refractivity contribution is 7.89. The zero-order valence-corrected chi connectivity index (χ0v) is 14.2. The molecule has 0 unspecified atom stereocenters. The van der Waals surface area contributed by atoms with Crippen molar-refractivity contribution in [1.29, 1.82) is 0 Å². The average Bonchev–Trinajstić information content (AvgIpc) is 2.49. The van der Waals surface area contributed by atoms with Crippen molar-refractivity contribution in [2.24, 2.45) is 0 Å². The van der Waals surface area contributed by atoms with E-state index in [9.17, 15) is 30.4 Å². The van der Waals surface area contributed by atoms with Crippen molar-refractivity contribution in [3.05, 3.63) is 64.2 Å². The van der Waals surface area contributed by atoms with Crippen LogP contribution in [-0.4, -0.2) is 19.8 Å². The van der Waals surface area contributed by atoms with Crippen LogP contribution in [0.4, 0.5) is 22.0 Å². The van der Waals surface area contributed by atoms with E-state index in [-0.39, 0.29) is 5.56 Å². The van der Waals surface area contributed by atoms with Crippen LogP contribution in [0, 0.1) is 11.6 Å². The maximum Gasteiger partial charge on any atom is 0.416 e. The molecule has 0 fully saturated rings. The smallest absolute Gasteiger partial charge is 0.207 e. The molecule has 0 atom stereocenters. The summed E-state index contributed by atoms with van der Waals surface area (Å²) in [6, 6.07) is 4.45. The van der Waals surface area contributed by atoms with Crippen LogP contribution in [0.2, 0.25) is 5.02 Å². The molecule has 0 radical (unpaired) electrons. The summed E-state index contributed by atoms with van der Waals surface area (Å²) in [5, 5.41) is -0.403. The van der Waals surface area contributed by atoms with Crippen molar-refractivity contribution < 1.29 is 30.4 Å². The van der Waals surface area contributed by atoms with Crippen LogP contribution in [0.3, 0.4) is 0 Å². The summed E-state index contributed by atoms with van der Waals surface area (Å²) in [5.74, 6) is -1.81. The molecule has 0 aromatic heterocycles. The third-order valence-electron chi connectivity index (χ3n) is 3.35. The standard InChI is InChI=1S/C15H11ClF5NO2S/c1-22(8-9-2-4-11(17)7-13(9)18)25(23,24)14-6-10(15(19,20)21)3-5-12(14)16/h2-7H,8H2,1H3. The Morgan fingerprint density at radius 1 is 1.08 bits per heavy atom. The Kier molecular flexibility index (Phi) is 5.41. The maximum absolute atomic E-state index is 13.7. The van der Waals surface area contributed by atoms with Crippen LogP contribution in [0.15, 0.2) is 41.3 Å². The minimum atomic E-state index is -4.75. The van der Waals surface area contributed by atoms with Gasteiger partial charge in [0.05, 0.1) is 10.6 Å². The lowest BCUT2D eigenvalue weighted by Crippen LogP contribution is -2.27. The monoisotopic (exact) mass is 399 g/mol. The zero-order valence-electron chi connectivity index (χ0n) is 12.6. The number of nitrogens with zero attached hydrogens (tertiary/aromatic N) is 1. The quantitative estimate of drug-likeness (QED) is 0.712. The van der Waals surface area contributed by atoms with E-state index in [1.807, 2.05) is 0 Å². The van der Waals surface area contributed by atoms with Gasteiger partial charge in [0.1, 0.15) is 16.5 Å². The summed E-state index contributed by atoms with van der Waals surface area (Å²) in [7, 11) is -3.39. The number of halogens is 6. The molecule has 2 aromatic rings. The molecule has 0 N–H and O–H groups in total. The van der Waals surface area contributed by atoms with Gasteiger partial charge in [-0.05, 0) is 24.3 Å². The fourth-order valence-electron chi connectivity index (χ4n) is 2.02. The van der Waals surface area contributed by atoms with Gasteiger partial charge in [0.2, 0.25) is 10.0 Å². The topological polar surface area (TPSA) is 37.4 Å². The number of hydrogen-bond acceptors (Lipinski definition) is 2. The summed E-state index contributed by atoms with van der Waals surface area (Å²) < 4.78 is 90.5. The normalized spacial score (nSPS) is 12.6. The third kappa shape index (κ3) is 4.28. The van der Waals surface area contributed by atoms with Crippen LogP contribution >= 0.6 is 11.6 Å². The highest BCUT2D eigenvalue weighted by Gasteiger charge is 2.33. The second-order valence-corrected chi connectivity index (χ2v) is 7.56. The fourth-order valence-corrected chi connectivity index (χ4v) is 3.67. The Balaban J connectivity index is 2.40. The number of hydrogen-bond donors (Lipinski definition) is 0. The maximum atomic E-state index is 13.7. The van der Waals surface area contributed by atoms with Crippen LogP contribution in [0.25, 0.3) is 0 Å². The van der Waals surface area contributed by atoms with Gasteiger partial charge in [0.15, 0.2) is 0 Å².